The summed E-state index contributed by atoms with van der Waals surface area (Å²) in [5.74, 6) is 0.358. The number of anilines is 1. The van der Waals surface area contributed by atoms with Gasteiger partial charge in [-0.15, -0.1) is 0 Å². The highest BCUT2D eigenvalue weighted by Crippen LogP contribution is 2.12. The Bertz CT molecular complexity index is 441. The highest BCUT2D eigenvalue weighted by Gasteiger charge is 1.99. The number of nitrogens with one attached hydrogen (secondary N) is 1. The molecule has 0 aromatic carbocycles. The smallest absolute Gasteiger partial charge is 0.212 e. The summed E-state index contributed by atoms with van der Waals surface area (Å²) in [6.45, 7) is 0.566. The predicted molar refractivity (Wildman–Crippen MR) is 62.9 cm³/mol. The van der Waals surface area contributed by atoms with Crippen LogP contribution in [0.4, 0.5) is 10.1 Å². The van der Waals surface area contributed by atoms with Gasteiger partial charge in [-0.1, -0.05) is 0 Å². The van der Waals surface area contributed by atoms with Crippen LogP contribution in [-0.2, 0) is 6.54 Å². The molecule has 78 valence electrons. The lowest BCUT2D eigenvalue weighted by molar-refractivity contribution is 0.493. The van der Waals surface area contributed by atoms with Crippen LogP contribution in [0.5, 0.6) is 0 Å². The minimum Gasteiger partial charge on any atom is -0.454 e. The predicted octanol–water partition coefficient (Wildman–Crippen LogP) is 3.03. The van der Waals surface area contributed by atoms with E-state index in [0.717, 1.165) is 15.2 Å². The first-order chi connectivity index (χ1) is 7.24. The summed E-state index contributed by atoms with van der Waals surface area (Å²) in [6.07, 6.45) is 1.45. The molecule has 0 fully saturated rings. The normalized spacial score (nSPS) is 10.3. The third-order valence-electron chi connectivity index (χ3n) is 1.82. The second-order valence-electron chi connectivity index (χ2n) is 2.93. The summed E-state index contributed by atoms with van der Waals surface area (Å²) in [5, 5.41) is 3.08. The number of halogens is 2. The Morgan fingerprint density at radius 3 is 2.80 bits per heavy atom. The van der Waals surface area contributed by atoms with Gasteiger partial charge >= 0.3 is 0 Å². The van der Waals surface area contributed by atoms with Gasteiger partial charge in [0.25, 0.3) is 0 Å². The van der Waals surface area contributed by atoms with Crippen LogP contribution < -0.4 is 5.32 Å². The summed E-state index contributed by atoms with van der Waals surface area (Å²) < 4.78 is 18.7. The van der Waals surface area contributed by atoms with Crippen molar-refractivity contribution in [2.24, 2.45) is 0 Å². The van der Waals surface area contributed by atoms with Crippen LogP contribution in [0, 0.1) is 9.71 Å². The Balaban J connectivity index is 1.96. The van der Waals surface area contributed by atoms with Crippen molar-refractivity contribution in [1.82, 2.24) is 4.98 Å². The van der Waals surface area contributed by atoms with E-state index in [0.29, 0.717) is 6.54 Å². The van der Waals surface area contributed by atoms with Crippen molar-refractivity contribution in [2.45, 2.75) is 6.54 Å². The molecule has 0 aliphatic rings. The summed E-state index contributed by atoms with van der Waals surface area (Å²) in [7, 11) is 0. The molecule has 15 heavy (non-hydrogen) atoms. The van der Waals surface area contributed by atoms with Crippen LogP contribution in [0.3, 0.4) is 0 Å². The van der Waals surface area contributed by atoms with E-state index in [4.69, 9.17) is 4.42 Å². The Morgan fingerprint density at radius 1 is 1.33 bits per heavy atom. The first-order valence-corrected chi connectivity index (χ1v) is 5.41. The van der Waals surface area contributed by atoms with E-state index >= 15 is 0 Å². The summed E-state index contributed by atoms with van der Waals surface area (Å²) in [5.41, 5.74) is 0.766. The number of furan rings is 1. The molecule has 2 rings (SSSR count). The molecule has 1 N–H and O–H groups in total. The largest absolute Gasteiger partial charge is 0.454 e. The first kappa shape index (κ1) is 10.4. The summed E-state index contributed by atoms with van der Waals surface area (Å²) in [4.78, 5) is 3.54. The fourth-order valence-electron chi connectivity index (χ4n) is 1.12. The number of hydrogen-bond donors (Lipinski definition) is 1. The molecule has 2 aromatic heterocycles. The second kappa shape index (κ2) is 4.61. The minimum absolute atomic E-state index is 0.479. The van der Waals surface area contributed by atoms with Gasteiger partial charge in [0.15, 0.2) is 3.77 Å². The van der Waals surface area contributed by atoms with E-state index in [2.05, 4.69) is 32.9 Å². The van der Waals surface area contributed by atoms with Gasteiger partial charge in [0.2, 0.25) is 5.95 Å². The van der Waals surface area contributed by atoms with Gasteiger partial charge in [-0.25, -0.2) is 4.98 Å². The van der Waals surface area contributed by atoms with Crippen LogP contribution in [0.25, 0.3) is 0 Å². The lowest BCUT2D eigenvalue weighted by Gasteiger charge is -2.02. The first-order valence-electron chi connectivity index (χ1n) is 4.34. The Hall–Kier alpha value is -1.11. The molecule has 0 amide bonds. The molecule has 0 atom stereocenters. The van der Waals surface area contributed by atoms with E-state index in [1.54, 1.807) is 6.07 Å². The van der Waals surface area contributed by atoms with Crippen molar-refractivity contribution < 1.29 is 8.81 Å². The highest BCUT2D eigenvalue weighted by atomic mass is 127. The van der Waals surface area contributed by atoms with E-state index < -0.39 is 5.95 Å². The van der Waals surface area contributed by atoms with Gasteiger partial charge in [-0.3, -0.25) is 0 Å². The molecule has 2 heterocycles. The second-order valence-corrected chi connectivity index (χ2v) is 3.99. The average Bonchev–Trinajstić information content (AvgIpc) is 2.64. The minimum atomic E-state index is -0.479. The molecule has 0 bridgehead atoms. The lowest BCUT2D eigenvalue weighted by Crippen LogP contribution is -1.98. The van der Waals surface area contributed by atoms with E-state index in [-0.39, 0.29) is 0 Å². The van der Waals surface area contributed by atoms with Crippen LogP contribution in [0.15, 0.2) is 34.9 Å². The topological polar surface area (TPSA) is 38.1 Å². The van der Waals surface area contributed by atoms with Gasteiger partial charge in [-0.05, 0) is 46.9 Å². The molecule has 0 aliphatic carbocycles. The van der Waals surface area contributed by atoms with E-state index in [9.17, 15) is 4.39 Å². The molecular weight excluding hydrogens is 310 g/mol. The standard InChI is InChI=1S/C10H8FIN2O/c11-9-3-1-7(5-14-9)13-6-8-2-4-10(12)15-8/h1-5,13H,6H2. The van der Waals surface area contributed by atoms with Crippen LogP contribution >= 0.6 is 22.6 Å². The van der Waals surface area contributed by atoms with Crippen molar-refractivity contribution in [1.29, 1.82) is 0 Å². The molecule has 5 heteroatoms. The Kier molecular flexibility index (Phi) is 3.20. The monoisotopic (exact) mass is 318 g/mol. The maximum Gasteiger partial charge on any atom is 0.212 e. The number of hydrogen-bond acceptors (Lipinski definition) is 3. The zero-order valence-electron chi connectivity index (χ0n) is 7.71. The molecule has 0 radical (unpaired) electrons. The van der Waals surface area contributed by atoms with Crippen molar-refractivity contribution in [3.8, 4) is 0 Å². The molecule has 0 saturated carbocycles. The zero-order chi connectivity index (χ0) is 10.7. The van der Waals surface area contributed by atoms with Crippen molar-refractivity contribution in [3.05, 3.63) is 45.9 Å². The molecule has 2 aromatic rings. The fourth-order valence-corrected chi connectivity index (χ4v) is 1.58. The van der Waals surface area contributed by atoms with Gasteiger partial charge in [-0.2, -0.15) is 4.39 Å². The average molecular weight is 318 g/mol. The van der Waals surface area contributed by atoms with Crippen molar-refractivity contribution in [3.63, 3.8) is 0 Å². The van der Waals surface area contributed by atoms with E-state index in [1.807, 2.05) is 12.1 Å². The van der Waals surface area contributed by atoms with Crippen LogP contribution in [0.1, 0.15) is 5.76 Å². The van der Waals surface area contributed by atoms with Crippen LogP contribution in [0.2, 0.25) is 0 Å². The van der Waals surface area contributed by atoms with Gasteiger partial charge in [0.05, 0.1) is 18.4 Å². The molecule has 0 saturated heterocycles. The SMILES string of the molecule is Fc1ccc(NCc2ccc(I)o2)cn1. The third kappa shape index (κ3) is 2.92. The number of pyridine rings is 1. The van der Waals surface area contributed by atoms with Crippen molar-refractivity contribution >= 4 is 28.3 Å². The van der Waals surface area contributed by atoms with Crippen molar-refractivity contribution in [2.75, 3.05) is 5.32 Å². The quantitative estimate of drug-likeness (QED) is 0.698. The Labute approximate surface area is 99.8 Å². The maximum absolute atomic E-state index is 12.5. The molecular formula is C10H8FIN2O. The van der Waals surface area contributed by atoms with Gasteiger partial charge in [0, 0.05) is 0 Å². The van der Waals surface area contributed by atoms with E-state index in [1.165, 1.54) is 12.3 Å². The van der Waals surface area contributed by atoms with Gasteiger partial charge < -0.3 is 9.73 Å². The zero-order valence-corrected chi connectivity index (χ0v) is 9.86. The third-order valence-corrected chi connectivity index (χ3v) is 2.40. The number of rotatable bonds is 3. The molecule has 0 unspecified atom stereocenters. The van der Waals surface area contributed by atoms with Gasteiger partial charge in [0.1, 0.15) is 5.76 Å². The molecule has 3 nitrogen and oxygen atoms in total. The fraction of sp³-hybridized carbons (Fsp3) is 0.100. The Morgan fingerprint density at radius 2 is 2.20 bits per heavy atom. The molecule has 0 spiro atoms. The highest BCUT2D eigenvalue weighted by molar-refractivity contribution is 14.1. The molecule has 0 aliphatic heterocycles. The number of nitrogens with zero attached hydrogens (tertiary/aromatic N) is 1. The lowest BCUT2D eigenvalue weighted by atomic mass is 10.4. The maximum atomic E-state index is 12.5. The number of aromatic nitrogens is 1. The summed E-state index contributed by atoms with van der Waals surface area (Å²) >= 11 is 2.10. The van der Waals surface area contributed by atoms with Crippen LogP contribution in [-0.4, -0.2) is 4.98 Å². The summed E-state index contributed by atoms with van der Waals surface area (Å²) in [6, 6.07) is 6.73.